The van der Waals surface area contributed by atoms with Crippen molar-refractivity contribution in [2.75, 3.05) is 6.61 Å². The van der Waals surface area contributed by atoms with Crippen LogP contribution in [0.3, 0.4) is 0 Å². The van der Waals surface area contributed by atoms with Crippen LogP contribution in [0.25, 0.3) is 0 Å². The Bertz CT molecular complexity index is 421. The molecule has 2 atom stereocenters. The highest BCUT2D eigenvalue weighted by Gasteiger charge is 2.27. The molecular weight excluding hydrogens is 326 g/mol. The highest BCUT2D eigenvalue weighted by Crippen LogP contribution is 2.27. The number of thiophene rings is 1. The lowest BCUT2D eigenvalue weighted by atomic mass is 9.86. The molecule has 0 saturated heterocycles. The summed E-state index contributed by atoms with van der Waals surface area (Å²) >= 11 is 5.23. The van der Waals surface area contributed by atoms with Crippen LogP contribution in [0.2, 0.25) is 0 Å². The molecular formula is C14H20BrNO2S. The monoisotopic (exact) mass is 345 g/mol. The van der Waals surface area contributed by atoms with Crippen molar-refractivity contribution in [1.29, 1.82) is 0 Å². The van der Waals surface area contributed by atoms with Gasteiger partial charge in [-0.3, -0.25) is 4.79 Å². The van der Waals surface area contributed by atoms with E-state index in [4.69, 9.17) is 4.74 Å². The van der Waals surface area contributed by atoms with Crippen LogP contribution in [-0.2, 0) is 16.1 Å². The molecule has 1 fully saturated rings. The Morgan fingerprint density at radius 3 is 3.05 bits per heavy atom. The summed E-state index contributed by atoms with van der Waals surface area (Å²) in [6.45, 7) is 3.23. The Balaban J connectivity index is 1.79. The van der Waals surface area contributed by atoms with E-state index in [1.807, 2.05) is 6.92 Å². The SMILES string of the molecule is CCOC(=O)C1CCCC(NCc2ccc(Br)s2)C1. The van der Waals surface area contributed by atoms with Gasteiger partial charge in [-0.1, -0.05) is 6.42 Å². The number of halogens is 1. The van der Waals surface area contributed by atoms with E-state index < -0.39 is 0 Å². The van der Waals surface area contributed by atoms with Crippen molar-refractivity contribution in [3.05, 3.63) is 20.8 Å². The number of rotatable bonds is 5. The summed E-state index contributed by atoms with van der Waals surface area (Å²) in [5.41, 5.74) is 0. The number of nitrogens with one attached hydrogen (secondary N) is 1. The minimum absolute atomic E-state index is 0.0205. The molecule has 1 aromatic heterocycles. The Hall–Kier alpha value is -0.390. The van der Waals surface area contributed by atoms with Crippen molar-refractivity contribution in [3.63, 3.8) is 0 Å². The number of carbonyl (C=O) groups is 1. The van der Waals surface area contributed by atoms with Crippen molar-refractivity contribution >= 4 is 33.2 Å². The Morgan fingerprint density at radius 1 is 1.53 bits per heavy atom. The second-order valence-electron chi connectivity index (χ2n) is 4.90. The fourth-order valence-electron chi connectivity index (χ4n) is 2.54. The number of hydrogen-bond donors (Lipinski definition) is 1. The van der Waals surface area contributed by atoms with Crippen LogP contribution >= 0.6 is 27.3 Å². The van der Waals surface area contributed by atoms with E-state index in [0.29, 0.717) is 12.6 Å². The van der Waals surface area contributed by atoms with Gasteiger partial charge in [0.1, 0.15) is 0 Å². The van der Waals surface area contributed by atoms with Crippen LogP contribution in [0, 0.1) is 5.92 Å². The first-order chi connectivity index (χ1) is 9.19. The molecule has 1 aromatic rings. The quantitative estimate of drug-likeness (QED) is 0.826. The maximum atomic E-state index is 11.8. The molecule has 1 heterocycles. The lowest BCUT2D eigenvalue weighted by molar-refractivity contribution is -0.149. The van der Waals surface area contributed by atoms with Gasteiger partial charge in [0.05, 0.1) is 16.3 Å². The minimum atomic E-state index is -0.0205. The van der Waals surface area contributed by atoms with Gasteiger partial charge < -0.3 is 10.1 Å². The zero-order valence-electron chi connectivity index (χ0n) is 11.2. The van der Waals surface area contributed by atoms with Crippen LogP contribution in [0.4, 0.5) is 0 Å². The van der Waals surface area contributed by atoms with Gasteiger partial charge >= 0.3 is 5.97 Å². The van der Waals surface area contributed by atoms with Gasteiger partial charge in [0.25, 0.3) is 0 Å². The molecule has 2 unspecified atom stereocenters. The second-order valence-corrected chi connectivity index (χ2v) is 7.45. The summed E-state index contributed by atoms with van der Waals surface area (Å²) in [5, 5.41) is 3.56. The first kappa shape index (κ1) is 15.0. The molecule has 2 rings (SSSR count). The highest BCUT2D eigenvalue weighted by atomic mass is 79.9. The molecule has 5 heteroatoms. The summed E-state index contributed by atoms with van der Waals surface area (Å²) < 4.78 is 6.29. The number of hydrogen-bond acceptors (Lipinski definition) is 4. The van der Waals surface area contributed by atoms with Crippen LogP contribution in [-0.4, -0.2) is 18.6 Å². The molecule has 1 aliphatic rings. The number of ether oxygens (including phenoxy) is 1. The van der Waals surface area contributed by atoms with Crippen molar-refractivity contribution in [2.45, 2.75) is 45.2 Å². The third-order valence-corrected chi connectivity index (χ3v) is 5.11. The molecule has 1 N–H and O–H groups in total. The first-order valence-corrected chi connectivity index (χ1v) is 8.44. The van der Waals surface area contributed by atoms with Crippen molar-refractivity contribution < 1.29 is 9.53 Å². The lowest BCUT2D eigenvalue weighted by Gasteiger charge is -2.28. The Morgan fingerprint density at radius 2 is 2.37 bits per heavy atom. The third-order valence-electron chi connectivity index (χ3n) is 3.49. The summed E-state index contributed by atoms with van der Waals surface area (Å²) in [4.78, 5) is 13.1. The standard InChI is InChI=1S/C14H20BrNO2S/c1-2-18-14(17)10-4-3-5-11(8-10)16-9-12-6-7-13(15)19-12/h6-7,10-11,16H,2-5,8-9H2,1H3. The molecule has 1 aliphatic carbocycles. The zero-order chi connectivity index (χ0) is 13.7. The van der Waals surface area contributed by atoms with Crippen LogP contribution in [0.15, 0.2) is 15.9 Å². The molecule has 0 amide bonds. The van der Waals surface area contributed by atoms with Crippen LogP contribution in [0.5, 0.6) is 0 Å². The molecule has 19 heavy (non-hydrogen) atoms. The topological polar surface area (TPSA) is 38.3 Å². The van der Waals surface area contributed by atoms with E-state index in [9.17, 15) is 4.79 Å². The van der Waals surface area contributed by atoms with E-state index in [2.05, 4.69) is 33.4 Å². The molecule has 0 aromatic carbocycles. The fourth-order valence-corrected chi connectivity index (χ4v) is 3.98. The van der Waals surface area contributed by atoms with Gasteiger partial charge in [0.2, 0.25) is 0 Å². The van der Waals surface area contributed by atoms with E-state index in [1.165, 1.54) is 4.88 Å². The van der Waals surface area contributed by atoms with E-state index in [1.54, 1.807) is 11.3 Å². The maximum absolute atomic E-state index is 11.8. The van der Waals surface area contributed by atoms with Crippen LogP contribution < -0.4 is 5.32 Å². The number of carbonyl (C=O) groups excluding carboxylic acids is 1. The van der Waals surface area contributed by atoms with Crippen molar-refractivity contribution in [1.82, 2.24) is 5.32 Å². The first-order valence-electron chi connectivity index (χ1n) is 6.83. The summed E-state index contributed by atoms with van der Waals surface area (Å²) in [6.07, 6.45) is 4.14. The van der Waals surface area contributed by atoms with Gasteiger partial charge in [-0.15, -0.1) is 11.3 Å². The zero-order valence-corrected chi connectivity index (χ0v) is 13.6. The van der Waals surface area contributed by atoms with Crippen molar-refractivity contribution in [2.24, 2.45) is 5.92 Å². The summed E-state index contributed by atoms with van der Waals surface area (Å²) in [7, 11) is 0. The summed E-state index contributed by atoms with van der Waals surface area (Å²) in [6, 6.07) is 4.64. The fraction of sp³-hybridized carbons (Fsp3) is 0.643. The molecule has 106 valence electrons. The predicted octanol–water partition coefficient (Wildman–Crippen LogP) is 3.72. The summed E-state index contributed by atoms with van der Waals surface area (Å²) in [5.74, 6) is 0.0640. The van der Waals surface area contributed by atoms with Gasteiger partial charge in [-0.2, -0.15) is 0 Å². The Labute approximate surface area is 126 Å². The normalized spacial score (nSPS) is 23.3. The average molecular weight is 346 g/mol. The second kappa shape index (κ2) is 7.41. The van der Waals surface area contributed by atoms with E-state index >= 15 is 0 Å². The molecule has 0 aliphatic heterocycles. The highest BCUT2D eigenvalue weighted by molar-refractivity contribution is 9.11. The third kappa shape index (κ3) is 4.58. The molecule has 0 radical (unpaired) electrons. The molecule has 0 spiro atoms. The molecule has 0 bridgehead atoms. The van der Waals surface area contributed by atoms with E-state index in [0.717, 1.165) is 36.0 Å². The van der Waals surface area contributed by atoms with Gasteiger partial charge in [0, 0.05) is 17.5 Å². The Kier molecular flexibility index (Phi) is 5.85. The van der Waals surface area contributed by atoms with Gasteiger partial charge in [-0.05, 0) is 54.2 Å². The average Bonchev–Trinajstić information content (AvgIpc) is 2.83. The van der Waals surface area contributed by atoms with E-state index in [-0.39, 0.29) is 11.9 Å². The largest absolute Gasteiger partial charge is 0.466 e. The molecule has 1 saturated carbocycles. The predicted molar refractivity (Wildman–Crippen MR) is 81.2 cm³/mol. The molecule has 3 nitrogen and oxygen atoms in total. The van der Waals surface area contributed by atoms with Gasteiger partial charge in [-0.25, -0.2) is 0 Å². The lowest BCUT2D eigenvalue weighted by Crippen LogP contribution is -2.36. The van der Waals surface area contributed by atoms with Gasteiger partial charge in [0.15, 0.2) is 0 Å². The maximum Gasteiger partial charge on any atom is 0.308 e. The number of esters is 1. The van der Waals surface area contributed by atoms with Crippen LogP contribution in [0.1, 0.15) is 37.5 Å². The smallest absolute Gasteiger partial charge is 0.308 e. The van der Waals surface area contributed by atoms with Crippen molar-refractivity contribution in [3.8, 4) is 0 Å². The minimum Gasteiger partial charge on any atom is -0.466 e.